The molecule has 0 radical (unpaired) electrons. The first-order valence-electron chi connectivity index (χ1n) is 11.8. The number of nitrogens with zero attached hydrogens (tertiary/aromatic N) is 5. The first kappa shape index (κ1) is 22.9. The van der Waals surface area contributed by atoms with Crippen LogP contribution in [0.25, 0.3) is 0 Å². The van der Waals surface area contributed by atoms with Crippen LogP contribution in [0.4, 0.5) is 4.79 Å². The van der Waals surface area contributed by atoms with Crippen molar-refractivity contribution in [3.05, 3.63) is 78.4 Å². The zero-order valence-corrected chi connectivity index (χ0v) is 20.0. The maximum absolute atomic E-state index is 13.3. The van der Waals surface area contributed by atoms with E-state index >= 15 is 0 Å². The standard InChI is InChI=1S/C26H29N5O4/c1-25(20-7-6-13-27-19-20)26(11-15-30(16-12-26)23(32)22-10-14-28-29(22)2)35-24(33)31(25)17-18-34-21-8-4-3-5-9-21/h3-10,13-14,19H,11-12,15-18H2,1-2H3. The Hall–Kier alpha value is -3.88. The van der Waals surface area contributed by atoms with Crippen LogP contribution in [0.5, 0.6) is 5.75 Å². The topological polar surface area (TPSA) is 89.8 Å². The lowest BCUT2D eigenvalue weighted by atomic mass is 9.70. The number of benzene rings is 1. The third-order valence-electron chi connectivity index (χ3n) is 7.38. The van der Waals surface area contributed by atoms with Gasteiger partial charge in [0.05, 0.1) is 6.54 Å². The van der Waals surface area contributed by atoms with Crippen molar-refractivity contribution in [1.29, 1.82) is 0 Å². The van der Waals surface area contributed by atoms with Crippen LogP contribution in [0, 0.1) is 0 Å². The van der Waals surface area contributed by atoms with Gasteiger partial charge in [0.2, 0.25) is 0 Å². The van der Waals surface area contributed by atoms with Crippen LogP contribution in [0.3, 0.4) is 0 Å². The quantitative estimate of drug-likeness (QED) is 0.544. The van der Waals surface area contributed by atoms with Crippen LogP contribution >= 0.6 is 0 Å². The van der Waals surface area contributed by atoms with Gasteiger partial charge in [-0.15, -0.1) is 0 Å². The highest BCUT2D eigenvalue weighted by Gasteiger charge is 2.64. The molecule has 35 heavy (non-hydrogen) atoms. The first-order valence-corrected chi connectivity index (χ1v) is 11.8. The molecular formula is C26H29N5O4. The Labute approximate surface area is 204 Å². The van der Waals surface area contributed by atoms with E-state index in [-0.39, 0.29) is 12.0 Å². The summed E-state index contributed by atoms with van der Waals surface area (Å²) in [6.45, 7) is 3.67. The second-order valence-corrected chi connectivity index (χ2v) is 9.12. The monoisotopic (exact) mass is 475 g/mol. The van der Waals surface area contributed by atoms with Gasteiger partial charge in [0.15, 0.2) is 0 Å². The molecule has 0 N–H and O–H groups in total. The van der Waals surface area contributed by atoms with Gasteiger partial charge in [-0.2, -0.15) is 5.10 Å². The van der Waals surface area contributed by atoms with Gasteiger partial charge in [0, 0.05) is 51.6 Å². The number of rotatable bonds is 6. The van der Waals surface area contributed by atoms with E-state index in [9.17, 15) is 9.59 Å². The van der Waals surface area contributed by atoms with Gasteiger partial charge >= 0.3 is 6.09 Å². The fourth-order valence-corrected chi connectivity index (χ4v) is 5.31. The summed E-state index contributed by atoms with van der Waals surface area (Å²) in [5.41, 5.74) is -0.112. The molecule has 2 aromatic heterocycles. The molecular weight excluding hydrogens is 446 g/mol. The molecule has 1 atom stereocenters. The average Bonchev–Trinajstić information content (AvgIpc) is 3.40. The molecule has 4 heterocycles. The highest BCUT2D eigenvalue weighted by atomic mass is 16.6. The molecule has 2 fully saturated rings. The minimum absolute atomic E-state index is 0.0691. The van der Waals surface area contributed by atoms with E-state index in [1.165, 1.54) is 0 Å². The molecule has 3 aromatic rings. The predicted molar refractivity (Wildman–Crippen MR) is 128 cm³/mol. The summed E-state index contributed by atoms with van der Waals surface area (Å²) in [4.78, 5) is 34.2. The van der Waals surface area contributed by atoms with E-state index in [4.69, 9.17) is 9.47 Å². The molecule has 0 saturated carbocycles. The van der Waals surface area contributed by atoms with Gasteiger partial charge in [-0.3, -0.25) is 19.4 Å². The summed E-state index contributed by atoms with van der Waals surface area (Å²) in [6.07, 6.45) is 5.79. The molecule has 2 aliphatic rings. The normalized spacial score (nSPS) is 21.3. The SMILES string of the molecule is Cn1nccc1C(=O)N1CCC2(CC1)OC(=O)N(CCOc1ccccc1)C2(C)c1cccnc1. The van der Waals surface area contributed by atoms with Gasteiger partial charge in [-0.05, 0) is 36.8 Å². The number of aryl methyl sites for hydroxylation is 1. The highest BCUT2D eigenvalue weighted by Crippen LogP contribution is 2.51. The van der Waals surface area contributed by atoms with Crippen molar-refractivity contribution in [3.8, 4) is 5.75 Å². The summed E-state index contributed by atoms with van der Waals surface area (Å²) in [7, 11) is 1.76. The number of likely N-dealkylation sites (tertiary alicyclic amines) is 1. The number of pyridine rings is 1. The third-order valence-corrected chi connectivity index (χ3v) is 7.38. The number of hydrogen-bond donors (Lipinski definition) is 0. The smallest absolute Gasteiger partial charge is 0.411 e. The van der Waals surface area contributed by atoms with Gasteiger partial charge in [-0.25, -0.2) is 4.79 Å². The van der Waals surface area contributed by atoms with Crippen LogP contribution in [-0.2, 0) is 17.3 Å². The summed E-state index contributed by atoms with van der Waals surface area (Å²) < 4.78 is 13.6. The Bertz CT molecular complexity index is 1190. The van der Waals surface area contributed by atoms with Crippen molar-refractivity contribution >= 4 is 12.0 Å². The molecule has 0 aliphatic carbocycles. The van der Waals surface area contributed by atoms with Gasteiger partial charge in [-0.1, -0.05) is 24.3 Å². The van der Waals surface area contributed by atoms with E-state index in [0.29, 0.717) is 44.8 Å². The average molecular weight is 476 g/mol. The Morgan fingerprint density at radius 1 is 1.09 bits per heavy atom. The molecule has 2 saturated heterocycles. The van der Waals surface area contributed by atoms with Crippen molar-refractivity contribution in [2.75, 3.05) is 26.2 Å². The van der Waals surface area contributed by atoms with Crippen molar-refractivity contribution < 1.29 is 19.1 Å². The van der Waals surface area contributed by atoms with E-state index in [1.807, 2.05) is 49.4 Å². The van der Waals surface area contributed by atoms with Gasteiger partial charge < -0.3 is 14.4 Å². The molecule has 1 unspecified atom stereocenters. The predicted octanol–water partition coefficient (Wildman–Crippen LogP) is 3.24. The number of ether oxygens (including phenoxy) is 2. The van der Waals surface area contributed by atoms with Gasteiger partial charge in [0.1, 0.15) is 29.2 Å². The molecule has 182 valence electrons. The van der Waals surface area contributed by atoms with Crippen molar-refractivity contribution in [1.82, 2.24) is 24.6 Å². The van der Waals surface area contributed by atoms with E-state index in [0.717, 1.165) is 11.3 Å². The van der Waals surface area contributed by atoms with Crippen molar-refractivity contribution in [3.63, 3.8) is 0 Å². The molecule has 9 nitrogen and oxygen atoms in total. The minimum atomic E-state index is -0.789. The van der Waals surface area contributed by atoms with Crippen LogP contribution in [0.2, 0.25) is 0 Å². The fourth-order valence-electron chi connectivity index (χ4n) is 5.31. The lowest BCUT2D eigenvalue weighted by molar-refractivity contribution is -0.0552. The maximum atomic E-state index is 13.3. The first-order chi connectivity index (χ1) is 16.9. The fraction of sp³-hybridized carbons (Fsp3) is 0.385. The Morgan fingerprint density at radius 3 is 2.51 bits per heavy atom. The lowest BCUT2D eigenvalue weighted by Gasteiger charge is -2.48. The summed E-state index contributed by atoms with van der Waals surface area (Å²) in [5, 5.41) is 4.11. The molecule has 2 amide bonds. The molecule has 1 spiro atoms. The lowest BCUT2D eigenvalue weighted by Crippen LogP contribution is -2.59. The third kappa shape index (κ3) is 3.90. The van der Waals surface area contributed by atoms with Crippen LogP contribution < -0.4 is 4.74 Å². The molecule has 2 aliphatic heterocycles. The van der Waals surface area contributed by atoms with Crippen molar-refractivity contribution in [2.45, 2.75) is 30.9 Å². The molecule has 5 rings (SSSR count). The number of carbonyl (C=O) groups excluding carboxylic acids is 2. The van der Waals surface area contributed by atoms with Crippen LogP contribution in [-0.4, -0.2) is 68.4 Å². The van der Waals surface area contributed by atoms with Crippen molar-refractivity contribution in [2.24, 2.45) is 7.05 Å². The van der Waals surface area contributed by atoms with E-state index < -0.39 is 11.1 Å². The number of carbonyl (C=O) groups is 2. The number of hydrogen-bond acceptors (Lipinski definition) is 6. The molecule has 0 bridgehead atoms. The molecule has 9 heteroatoms. The van der Waals surface area contributed by atoms with E-state index in [2.05, 4.69) is 10.1 Å². The Kier molecular flexibility index (Phi) is 5.92. The Balaban J connectivity index is 1.38. The largest absolute Gasteiger partial charge is 0.492 e. The second-order valence-electron chi connectivity index (χ2n) is 9.12. The summed E-state index contributed by atoms with van der Waals surface area (Å²) in [6, 6.07) is 15.1. The summed E-state index contributed by atoms with van der Waals surface area (Å²) in [5.74, 6) is 0.681. The number of para-hydroxylation sites is 1. The van der Waals surface area contributed by atoms with Crippen LogP contribution in [0.15, 0.2) is 67.1 Å². The number of piperidine rings is 1. The summed E-state index contributed by atoms with van der Waals surface area (Å²) >= 11 is 0. The Morgan fingerprint density at radius 2 is 1.86 bits per heavy atom. The second kappa shape index (κ2) is 9.05. The molecule has 1 aromatic carbocycles. The minimum Gasteiger partial charge on any atom is -0.492 e. The maximum Gasteiger partial charge on any atom is 0.411 e. The van der Waals surface area contributed by atoms with E-state index in [1.54, 1.807) is 46.2 Å². The van der Waals surface area contributed by atoms with Crippen LogP contribution in [0.1, 0.15) is 35.8 Å². The highest BCUT2D eigenvalue weighted by molar-refractivity contribution is 5.92. The number of amides is 2. The zero-order valence-electron chi connectivity index (χ0n) is 20.0. The zero-order chi connectivity index (χ0) is 24.5. The number of aromatic nitrogens is 3. The van der Waals surface area contributed by atoms with Gasteiger partial charge in [0.25, 0.3) is 5.91 Å².